The van der Waals surface area contributed by atoms with Crippen molar-refractivity contribution >= 4 is 22.9 Å². The van der Waals surface area contributed by atoms with Crippen molar-refractivity contribution in [1.82, 2.24) is 15.2 Å². The third kappa shape index (κ3) is 5.30. The lowest BCUT2D eigenvalue weighted by atomic mass is 10.1. The summed E-state index contributed by atoms with van der Waals surface area (Å²) in [6.07, 6.45) is 0. The van der Waals surface area contributed by atoms with Gasteiger partial charge in [-0.15, -0.1) is 11.3 Å². The van der Waals surface area contributed by atoms with E-state index in [-0.39, 0.29) is 6.04 Å². The van der Waals surface area contributed by atoms with Gasteiger partial charge in [-0.3, -0.25) is 0 Å². The molecule has 0 saturated carbocycles. The predicted molar refractivity (Wildman–Crippen MR) is 114 cm³/mol. The molecule has 1 N–H and O–H groups in total. The summed E-state index contributed by atoms with van der Waals surface area (Å²) in [4.78, 5) is 6.95. The molecule has 3 rings (SSSR count). The van der Waals surface area contributed by atoms with Crippen LogP contribution in [0.5, 0.6) is 5.75 Å². The number of rotatable bonds is 8. The topological polar surface area (TPSA) is 37.4 Å². The predicted octanol–water partition coefficient (Wildman–Crippen LogP) is 4.86. The lowest BCUT2D eigenvalue weighted by molar-refractivity contribution is 0.288. The molecule has 0 aliphatic carbocycles. The van der Waals surface area contributed by atoms with Crippen LogP contribution in [0.4, 0.5) is 0 Å². The fourth-order valence-electron chi connectivity index (χ4n) is 2.87. The molecule has 0 saturated heterocycles. The number of aromatic nitrogens is 1. The fourth-order valence-corrected chi connectivity index (χ4v) is 3.83. The van der Waals surface area contributed by atoms with E-state index in [1.165, 1.54) is 5.56 Å². The SMILES string of the molecule is COc1ccc([C@H](CNCc2csc(-c3ccc(Cl)cc3)n2)N(C)C)cc1. The molecule has 2 aromatic carbocycles. The highest BCUT2D eigenvalue weighted by Gasteiger charge is 2.14. The largest absolute Gasteiger partial charge is 0.497 e. The number of hydrogen-bond acceptors (Lipinski definition) is 5. The monoisotopic (exact) mass is 401 g/mol. The van der Waals surface area contributed by atoms with Crippen molar-refractivity contribution in [3.8, 4) is 16.3 Å². The molecule has 0 aliphatic rings. The summed E-state index contributed by atoms with van der Waals surface area (Å²) in [6, 6.07) is 16.3. The minimum atomic E-state index is 0.283. The van der Waals surface area contributed by atoms with Crippen molar-refractivity contribution in [2.45, 2.75) is 12.6 Å². The van der Waals surface area contributed by atoms with E-state index < -0.39 is 0 Å². The molecule has 27 heavy (non-hydrogen) atoms. The van der Waals surface area contributed by atoms with Crippen LogP contribution in [0.3, 0.4) is 0 Å². The summed E-state index contributed by atoms with van der Waals surface area (Å²) >= 11 is 7.61. The van der Waals surface area contributed by atoms with Gasteiger partial charge in [0.25, 0.3) is 0 Å². The molecule has 3 aromatic rings. The second-order valence-electron chi connectivity index (χ2n) is 6.53. The van der Waals surface area contributed by atoms with Crippen LogP contribution in [-0.2, 0) is 6.54 Å². The Kier molecular flexibility index (Phi) is 6.85. The van der Waals surface area contributed by atoms with Gasteiger partial charge in [0, 0.05) is 35.1 Å². The van der Waals surface area contributed by atoms with Gasteiger partial charge < -0.3 is 15.0 Å². The van der Waals surface area contributed by atoms with E-state index in [0.29, 0.717) is 0 Å². The number of ether oxygens (including phenoxy) is 1. The molecular weight excluding hydrogens is 378 g/mol. The maximum absolute atomic E-state index is 5.96. The first-order chi connectivity index (χ1) is 13.1. The highest BCUT2D eigenvalue weighted by molar-refractivity contribution is 7.13. The van der Waals surface area contributed by atoms with E-state index in [0.717, 1.165) is 40.1 Å². The zero-order valence-corrected chi connectivity index (χ0v) is 17.3. The van der Waals surface area contributed by atoms with Crippen molar-refractivity contribution in [3.63, 3.8) is 0 Å². The van der Waals surface area contributed by atoms with Crippen molar-refractivity contribution in [2.24, 2.45) is 0 Å². The van der Waals surface area contributed by atoms with E-state index in [4.69, 9.17) is 21.3 Å². The van der Waals surface area contributed by atoms with Crippen LogP contribution in [0.25, 0.3) is 10.6 Å². The van der Waals surface area contributed by atoms with E-state index in [2.05, 4.69) is 41.8 Å². The number of methoxy groups -OCH3 is 1. The number of hydrogen-bond donors (Lipinski definition) is 1. The van der Waals surface area contributed by atoms with Crippen LogP contribution in [0.15, 0.2) is 53.9 Å². The van der Waals surface area contributed by atoms with E-state index in [1.54, 1.807) is 18.4 Å². The maximum Gasteiger partial charge on any atom is 0.123 e. The molecule has 1 atom stereocenters. The fraction of sp³-hybridized carbons (Fsp3) is 0.286. The standard InChI is InChI=1S/C21H24ClN3OS/c1-25(2)20(15-6-10-19(26-3)11-7-15)13-23-12-18-14-27-21(24-18)16-4-8-17(22)9-5-16/h4-11,14,20,23H,12-13H2,1-3H3/t20-/m0/s1. The quantitative estimate of drug-likeness (QED) is 0.584. The average molecular weight is 402 g/mol. The van der Waals surface area contributed by atoms with Gasteiger partial charge in [0.05, 0.1) is 12.8 Å². The lowest BCUT2D eigenvalue weighted by Gasteiger charge is -2.25. The molecular formula is C21H24ClN3OS. The molecule has 0 amide bonds. The minimum absolute atomic E-state index is 0.283. The minimum Gasteiger partial charge on any atom is -0.497 e. The first-order valence-corrected chi connectivity index (χ1v) is 10.0. The van der Waals surface area contributed by atoms with Gasteiger partial charge >= 0.3 is 0 Å². The van der Waals surface area contributed by atoms with Gasteiger partial charge in [-0.1, -0.05) is 35.9 Å². The van der Waals surface area contributed by atoms with Crippen molar-refractivity contribution in [3.05, 3.63) is 70.2 Å². The van der Waals surface area contributed by atoms with Crippen LogP contribution < -0.4 is 10.1 Å². The highest BCUT2D eigenvalue weighted by atomic mass is 35.5. The summed E-state index contributed by atoms with van der Waals surface area (Å²) in [6.45, 7) is 1.58. The van der Waals surface area contributed by atoms with Gasteiger partial charge in [-0.05, 0) is 43.9 Å². The van der Waals surface area contributed by atoms with Gasteiger partial charge in [-0.25, -0.2) is 4.98 Å². The molecule has 0 aliphatic heterocycles. The molecule has 0 bridgehead atoms. The Hall–Kier alpha value is -1.92. The van der Waals surface area contributed by atoms with E-state index >= 15 is 0 Å². The van der Waals surface area contributed by atoms with E-state index in [1.807, 2.05) is 36.4 Å². The van der Waals surface area contributed by atoms with Gasteiger partial charge in [0.2, 0.25) is 0 Å². The lowest BCUT2D eigenvalue weighted by Crippen LogP contribution is -2.30. The Balaban J connectivity index is 1.59. The summed E-state index contributed by atoms with van der Waals surface area (Å²) in [7, 11) is 5.88. The third-order valence-electron chi connectivity index (χ3n) is 4.41. The smallest absolute Gasteiger partial charge is 0.123 e. The first kappa shape index (κ1) is 19.8. The number of thiazole rings is 1. The number of likely N-dealkylation sites (N-methyl/N-ethyl adjacent to an activating group) is 1. The van der Waals surface area contributed by atoms with Crippen LogP contribution in [0, 0.1) is 0 Å². The van der Waals surface area contributed by atoms with Gasteiger partial charge in [-0.2, -0.15) is 0 Å². The Bertz CT molecular complexity index is 847. The summed E-state index contributed by atoms with van der Waals surface area (Å²) < 4.78 is 5.25. The zero-order chi connectivity index (χ0) is 19.2. The number of nitrogens with one attached hydrogen (secondary N) is 1. The summed E-state index contributed by atoms with van der Waals surface area (Å²) in [5.41, 5.74) is 3.41. The third-order valence-corrected chi connectivity index (χ3v) is 5.60. The zero-order valence-electron chi connectivity index (χ0n) is 15.8. The summed E-state index contributed by atoms with van der Waals surface area (Å²) in [5.74, 6) is 0.876. The number of benzene rings is 2. The molecule has 0 unspecified atom stereocenters. The molecule has 4 nitrogen and oxygen atoms in total. The van der Waals surface area contributed by atoms with Crippen LogP contribution in [0.2, 0.25) is 5.02 Å². The molecule has 0 radical (unpaired) electrons. The molecule has 0 spiro atoms. The summed E-state index contributed by atoms with van der Waals surface area (Å²) in [5, 5.41) is 7.40. The molecule has 6 heteroatoms. The molecule has 1 aromatic heterocycles. The second-order valence-corrected chi connectivity index (χ2v) is 7.83. The van der Waals surface area contributed by atoms with Crippen LogP contribution in [0.1, 0.15) is 17.3 Å². The molecule has 0 fully saturated rings. The van der Waals surface area contributed by atoms with Crippen LogP contribution in [-0.4, -0.2) is 37.6 Å². The highest BCUT2D eigenvalue weighted by Crippen LogP contribution is 2.25. The molecule has 1 heterocycles. The Morgan fingerprint density at radius 3 is 2.44 bits per heavy atom. The Morgan fingerprint density at radius 1 is 1.11 bits per heavy atom. The normalized spacial score (nSPS) is 12.3. The van der Waals surface area contributed by atoms with Gasteiger partial charge in [0.1, 0.15) is 10.8 Å². The van der Waals surface area contributed by atoms with Crippen molar-refractivity contribution in [2.75, 3.05) is 27.7 Å². The van der Waals surface area contributed by atoms with Crippen molar-refractivity contribution < 1.29 is 4.74 Å². The van der Waals surface area contributed by atoms with Crippen LogP contribution >= 0.6 is 22.9 Å². The molecule has 142 valence electrons. The second kappa shape index (κ2) is 9.33. The Labute approximate surface area is 169 Å². The number of nitrogens with zero attached hydrogens (tertiary/aromatic N) is 2. The first-order valence-electron chi connectivity index (χ1n) is 8.78. The van der Waals surface area contributed by atoms with E-state index in [9.17, 15) is 0 Å². The average Bonchev–Trinajstić information content (AvgIpc) is 3.14. The van der Waals surface area contributed by atoms with Gasteiger partial charge in [0.15, 0.2) is 0 Å². The van der Waals surface area contributed by atoms with Crippen molar-refractivity contribution in [1.29, 1.82) is 0 Å². The maximum atomic E-state index is 5.96. The Morgan fingerprint density at radius 2 is 1.81 bits per heavy atom. The number of halogens is 1.